The maximum absolute atomic E-state index is 13.8. The van der Waals surface area contributed by atoms with E-state index in [4.69, 9.17) is 46.9 Å². The molecule has 0 bridgehead atoms. The number of nitrogens with zero attached hydrogens (tertiary/aromatic N) is 2. The zero-order chi connectivity index (χ0) is 35.9. The Kier molecular flexibility index (Phi) is 12.3. The Labute approximate surface area is 304 Å². The number of benzene rings is 2. The Hall–Kier alpha value is -3.91. The van der Waals surface area contributed by atoms with Crippen molar-refractivity contribution in [2.75, 3.05) is 52.6 Å². The minimum Gasteiger partial charge on any atom is -0.492 e. The molecule has 2 N–H and O–H groups in total. The van der Waals surface area contributed by atoms with Crippen molar-refractivity contribution >= 4 is 35.1 Å². The van der Waals surface area contributed by atoms with Gasteiger partial charge in [0.05, 0.1) is 37.6 Å². The van der Waals surface area contributed by atoms with Crippen LogP contribution in [0.2, 0.25) is 10.0 Å². The van der Waals surface area contributed by atoms with Crippen molar-refractivity contribution in [1.82, 2.24) is 10.2 Å². The van der Waals surface area contributed by atoms with Crippen LogP contribution in [0, 0.1) is 11.8 Å². The topological polar surface area (TPSA) is 120 Å². The minimum atomic E-state index is -3.08. The lowest BCUT2D eigenvalue weighted by atomic mass is 10.0. The molecule has 2 saturated carbocycles. The SMILES string of the molecule is O=C(O[C@@H](Cc1c(Cl)c[n+](O)cc1Cl)c1ccc(OC(F)F)c(OCC2CC2)c1)c1ccc(C(=O)NCCN2CCOCC2)c(OCC2CC2)c1. The Bertz CT molecular complexity index is 1680. The summed E-state index contributed by atoms with van der Waals surface area (Å²) in [7, 11) is 0. The van der Waals surface area contributed by atoms with Crippen LogP contribution in [0.15, 0.2) is 48.8 Å². The van der Waals surface area contributed by atoms with Crippen LogP contribution in [-0.2, 0) is 15.9 Å². The normalized spacial score (nSPS) is 16.8. The number of nitrogens with one attached hydrogen (secondary N) is 1. The summed E-state index contributed by atoms with van der Waals surface area (Å²) in [4.78, 5) is 29.3. The van der Waals surface area contributed by atoms with E-state index in [9.17, 15) is 23.6 Å². The Morgan fingerprint density at radius 2 is 1.61 bits per heavy atom. The van der Waals surface area contributed by atoms with Crippen LogP contribution in [0.3, 0.4) is 0 Å². The fourth-order valence-corrected chi connectivity index (χ4v) is 6.17. The number of esters is 1. The lowest BCUT2D eigenvalue weighted by Gasteiger charge is -2.26. The summed E-state index contributed by atoms with van der Waals surface area (Å²) >= 11 is 12.9. The average Bonchev–Trinajstić information content (AvgIpc) is 4.04. The number of hydrogen-bond acceptors (Lipinski definition) is 9. The molecule has 3 fully saturated rings. The molecule has 11 nitrogen and oxygen atoms in total. The number of aromatic nitrogens is 1. The van der Waals surface area contributed by atoms with Crippen LogP contribution in [0.4, 0.5) is 8.78 Å². The first-order valence-electron chi connectivity index (χ1n) is 17.0. The molecule has 0 unspecified atom stereocenters. The molecule has 3 aliphatic rings. The fourth-order valence-electron chi connectivity index (χ4n) is 5.56. The monoisotopic (exact) mass is 750 g/mol. The molecular weight excluding hydrogens is 711 g/mol. The maximum atomic E-state index is 13.8. The van der Waals surface area contributed by atoms with Gasteiger partial charge in [0.25, 0.3) is 5.91 Å². The number of hydrogen-bond donors (Lipinski definition) is 2. The lowest BCUT2D eigenvalue weighted by molar-refractivity contribution is -0.904. The van der Waals surface area contributed by atoms with Crippen molar-refractivity contribution in [2.24, 2.45) is 11.8 Å². The third-order valence-electron chi connectivity index (χ3n) is 8.88. The molecule has 274 valence electrons. The van der Waals surface area contributed by atoms with Crippen molar-refractivity contribution in [3.8, 4) is 17.2 Å². The quantitative estimate of drug-likeness (QED) is 0.0988. The summed E-state index contributed by atoms with van der Waals surface area (Å²) in [5.74, 6) is -0.210. The van der Waals surface area contributed by atoms with Gasteiger partial charge in [-0.15, -0.1) is 0 Å². The van der Waals surface area contributed by atoms with Crippen LogP contribution in [0.25, 0.3) is 0 Å². The van der Waals surface area contributed by atoms with Gasteiger partial charge in [0, 0.05) is 42.9 Å². The van der Waals surface area contributed by atoms with E-state index < -0.39 is 18.7 Å². The number of pyridine rings is 1. The molecule has 15 heteroatoms. The highest BCUT2D eigenvalue weighted by molar-refractivity contribution is 6.35. The van der Waals surface area contributed by atoms with E-state index in [2.05, 4.69) is 10.2 Å². The standard InChI is InChI=1S/C36H39Cl2F2N3O8/c37-28-18-43(46)19-29(38)27(28)17-31(24-6-8-30(51-36(39)40)33(15-24)49-21-23-3-4-23)50-35(45)25-5-7-26(32(16-25)48-20-22-1-2-22)34(44)41-9-10-42-11-13-47-14-12-42/h5-8,15-16,18-19,22-23,31,36H,1-4,9-14,17,20-21H2,(H-,41,44,46)/p+1/t31-/m0/s1. The van der Waals surface area contributed by atoms with Crippen LogP contribution in [0.1, 0.15) is 63.6 Å². The van der Waals surface area contributed by atoms with Gasteiger partial charge >= 0.3 is 12.6 Å². The predicted molar refractivity (Wildman–Crippen MR) is 181 cm³/mol. The van der Waals surface area contributed by atoms with Crippen molar-refractivity contribution in [2.45, 2.75) is 44.8 Å². The number of carbonyl (C=O) groups excluding carboxylic acids is 2. The van der Waals surface area contributed by atoms with Crippen LogP contribution >= 0.6 is 23.2 Å². The lowest BCUT2D eigenvalue weighted by Crippen LogP contribution is -2.41. The number of morpholine rings is 1. The van der Waals surface area contributed by atoms with E-state index in [1.165, 1.54) is 48.8 Å². The molecule has 2 aliphatic carbocycles. The molecule has 0 radical (unpaired) electrons. The summed E-state index contributed by atoms with van der Waals surface area (Å²) in [6.07, 6.45) is 5.38. The van der Waals surface area contributed by atoms with E-state index in [1.54, 1.807) is 0 Å². The van der Waals surface area contributed by atoms with Gasteiger partial charge in [0.1, 0.15) is 21.9 Å². The number of rotatable bonds is 17. The summed E-state index contributed by atoms with van der Waals surface area (Å²) in [6, 6.07) is 8.81. The Morgan fingerprint density at radius 3 is 2.25 bits per heavy atom. The van der Waals surface area contributed by atoms with E-state index in [0.717, 1.165) is 38.8 Å². The molecule has 2 heterocycles. The van der Waals surface area contributed by atoms with Gasteiger partial charge in [-0.25, -0.2) is 4.79 Å². The Morgan fingerprint density at radius 1 is 0.941 bits per heavy atom. The summed E-state index contributed by atoms with van der Waals surface area (Å²) in [5, 5.41) is 13.1. The van der Waals surface area contributed by atoms with Gasteiger partial charge in [-0.2, -0.15) is 8.78 Å². The minimum absolute atomic E-state index is 0.0456. The number of alkyl halides is 2. The summed E-state index contributed by atoms with van der Waals surface area (Å²) in [6.45, 7) is 1.67. The zero-order valence-corrected chi connectivity index (χ0v) is 29.3. The first kappa shape index (κ1) is 36.9. The highest BCUT2D eigenvalue weighted by atomic mass is 35.5. The van der Waals surface area contributed by atoms with E-state index in [-0.39, 0.29) is 50.7 Å². The van der Waals surface area contributed by atoms with Crippen LogP contribution in [0.5, 0.6) is 17.2 Å². The number of halogens is 4. The highest BCUT2D eigenvalue weighted by Crippen LogP contribution is 2.38. The fraction of sp³-hybridized carbons (Fsp3) is 0.472. The molecular formula is C36H40Cl2F2N3O8+. The van der Waals surface area contributed by atoms with Gasteiger partial charge in [0.15, 0.2) is 11.5 Å². The third-order valence-corrected chi connectivity index (χ3v) is 9.54. The zero-order valence-electron chi connectivity index (χ0n) is 27.8. The number of carbonyl (C=O) groups is 2. The predicted octanol–water partition coefficient (Wildman–Crippen LogP) is 5.90. The van der Waals surface area contributed by atoms with Gasteiger partial charge in [-0.1, -0.05) is 29.3 Å². The number of amides is 1. The molecule has 1 saturated heterocycles. The van der Waals surface area contributed by atoms with Gasteiger partial charge in [-0.05, 0) is 73.4 Å². The molecule has 1 amide bonds. The second-order valence-corrected chi connectivity index (χ2v) is 13.7. The molecule has 2 aromatic carbocycles. The van der Waals surface area contributed by atoms with E-state index in [1.807, 2.05) is 0 Å². The van der Waals surface area contributed by atoms with Gasteiger partial charge < -0.3 is 29.0 Å². The smallest absolute Gasteiger partial charge is 0.387 e. The number of ether oxygens (including phenoxy) is 5. The summed E-state index contributed by atoms with van der Waals surface area (Å²) in [5.41, 5.74) is 1.17. The molecule has 1 atom stereocenters. The molecule has 1 aromatic heterocycles. The van der Waals surface area contributed by atoms with Crippen LogP contribution < -0.4 is 24.3 Å². The van der Waals surface area contributed by atoms with Crippen molar-refractivity contribution in [3.05, 3.63) is 81.1 Å². The largest absolute Gasteiger partial charge is 0.492 e. The molecule has 3 aromatic rings. The molecule has 6 rings (SSSR count). The van der Waals surface area contributed by atoms with Gasteiger partial charge in [0.2, 0.25) is 12.4 Å². The second-order valence-electron chi connectivity index (χ2n) is 12.9. The molecule has 51 heavy (non-hydrogen) atoms. The first-order valence-corrected chi connectivity index (χ1v) is 17.7. The van der Waals surface area contributed by atoms with Crippen molar-refractivity contribution in [1.29, 1.82) is 0 Å². The van der Waals surface area contributed by atoms with Gasteiger partial charge in [-0.3, -0.25) is 14.9 Å². The van der Waals surface area contributed by atoms with Crippen molar-refractivity contribution < 1.29 is 52.0 Å². The Balaban J connectivity index is 1.25. The molecule has 1 aliphatic heterocycles. The van der Waals surface area contributed by atoms with E-state index in [0.29, 0.717) is 67.2 Å². The van der Waals surface area contributed by atoms with Crippen LogP contribution in [-0.4, -0.2) is 81.2 Å². The maximum Gasteiger partial charge on any atom is 0.387 e. The van der Waals surface area contributed by atoms with Crippen molar-refractivity contribution in [3.63, 3.8) is 0 Å². The first-order chi connectivity index (χ1) is 24.6. The highest BCUT2D eigenvalue weighted by Gasteiger charge is 2.28. The third kappa shape index (κ3) is 10.6. The van der Waals surface area contributed by atoms with E-state index >= 15 is 0 Å². The summed E-state index contributed by atoms with van der Waals surface area (Å²) < 4.78 is 55.3. The second kappa shape index (κ2) is 17.1. The molecule has 0 spiro atoms. The average molecular weight is 752 g/mol.